The molecular formula is C14H24N2O6. The SMILES string of the molecule is CCCCCN1CC=CN1.O=C1O[C@H]([C@@H](O)CO)C(O)=C1O. The minimum Gasteiger partial charge on any atom is -0.505 e. The number of aliphatic hydroxyl groups is 4. The van der Waals surface area contributed by atoms with Crippen LogP contribution in [0.1, 0.15) is 26.2 Å². The zero-order valence-corrected chi connectivity index (χ0v) is 12.6. The van der Waals surface area contributed by atoms with E-state index in [9.17, 15) is 4.79 Å². The number of hydrazine groups is 1. The van der Waals surface area contributed by atoms with E-state index in [-0.39, 0.29) is 0 Å². The number of aliphatic hydroxyl groups excluding tert-OH is 4. The van der Waals surface area contributed by atoms with Gasteiger partial charge in [0.25, 0.3) is 0 Å². The van der Waals surface area contributed by atoms with Gasteiger partial charge in [-0.1, -0.05) is 25.8 Å². The van der Waals surface area contributed by atoms with Crippen LogP contribution in [0, 0.1) is 0 Å². The number of ether oxygens (including phenoxy) is 1. The van der Waals surface area contributed by atoms with Gasteiger partial charge in [-0.3, -0.25) is 0 Å². The molecule has 0 aromatic heterocycles. The molecule has 0 unspecified atom stereocenters. The predicted molar refractivity (Wildman–Crippen MR) is 78.6 cm³/mol. The van der Waals surface area contributed by atoms with Crippen LogP contribution >= 0.6 is 0 Å². The van der Waals surface area contributed by atoms with Crippen LogP contribution in [0.4, 0.5) is 0 Å². The summed E-state index contributed by atoms with van der Waals surface area (Å²) in [6, 6.07) is 0. The van der Waals surface area contributed by atoms with Crippen molar-refractivity contribution in [3.05, 3.63) is 23.8 Å². The van der Waals surface area contributed by atoms with Gasteiger partial charge in [0.1, 0.15) is 6.10 Å². The summed E-state index contributed by atoms with van der Waals surface area (Å²) < 4.78 is 4.32. The molecular weight excluding hydrogens is 292 g/mol. The average Bonchev–Trinajstić information content (AvgIpc) is 3.12. The van der Waals surface area contributed by atoms with Crippen LogP contribution in [0.2, 0.25) is 0 Å². The summed E-state index contributed by atoms with van der Waals surface area (Å²) in [6.45, 7) is 3.81. The fourth-order valence-corrected chi connectivity index (χ4v) is 1.92. The van der Waals surface area contributed by atoms with Gasteiger partial charge in [-0.15, -0.1) is 0 Å². The highest BCUT2D eigenvalue weighted by Crippen LogP contribution is 2.20. The van der Waals surface area contributed by atoms with Gasteiger partial charge in [0.15, 0.2) is 11.9 Å². The van der Waals surface area contributed by atoms with Crippen molar-refractivity contribution in [3.8, 4) is 0 Å². The maximum Gasteiger partial charge on any atom is 0.377 e. The summed E-state index contributed by atoms with van der Waals surface area (Å²) in [4.78, 5) is 10.5. The third-order valence-electron chi connectivity index (χ3n) is 3.21. The second-order valence-corrected chi connectivity index (χ2v) is 4.99. The lowest BCUT2D eigenvalue weighted by molar-refractivity contribution is -0.147. The molecule has 0 saturated heterocycles. The number of nitrogens with one attached hydrogen (secondary N) is 1. The standard InChI is InChI=1S/C8H16N2.C6H8O6/c1-2-3-4-7-10-8-5-6-9-10;7-1-2(8)5-3(9)4(10)6(11)12-5/h5-6,9H,2-4,7-8H2,1H3;2,5,7-10H,1H2/t;2-,5+/m.0/s1. The lowest BCUT2D eigenvalue weighted by Gasteiger charge is -2.14. The molecule has 0 aromatic rings. The zero-order chi connectivity index (χ0) is 16.5. The Morgan fingerprint density at radius 3 is 2.64 bits per heavy atom. The largest absolute Gasteiger partial charge is 0.505 e. The topological polar surface area (TPSA) is 122 Å². The maximum absolute atomic E-state index is 10.5. The quantitative estimate of drug-likeness (QED) is 0.345. The molecule has 0 spiro atoms. The van der Waals surface area contributed by atoms with Gasteiger partial charge in [-0.25, -0.2) is 9.80 Å². The normalized spacial score (nSPS) is 22.1. The highest BCUT2D eigenvalue weighted by Gasteiger charge is 2.38. The number of esters is 1. The van der Waals surface area contributed by atoms with E-state index < -0.39 is 36.3 Å². The highest BCUT2D eigenvalue weighted by molar-refractivity contribution is 5.89. The van der Waals surface area contributed by atoms with Gasteiger partial charge in [0, 0.05) is 19.3 Å². The lowest BCUT2D eigenvalue weighted by atomic mass is 10.2. The first-order chi connectivity index (χ1) is 10.5. The number of carbonyl (C=O) groups is 1. The fourth-order valence-electron chi connectivity index (χ4n) is 1.92. The van der Waals surface area contributed by atoms with Gasteiger partial charge in [-0.05, 0) is 6.42 Å². The molecule has 0 aliphatic carbocycles. The minimum atomic E-state index is -1.42. The summed E-state index contributed by atoms with van der Waals surface area (Å²) >= 11 is 0. The molecule has 0 fully saturated rings. The Morgan fingerprint density at radius 1 is 1.45 bits per heavy atom. The number of unbranched alkanes of at least 4 members (excludes halogenated alkanes) is 2. The number of rotatable bonds is 6. The Hall–Kier alpha value is -1.77. The monoisotopic (exact) mass is 316 g/mol. The van der Waals surface area contributed by atoms with Crippen LogP contribution in [0.15, 0.2) is 23.8 Å². The van der Waals surface area contributed by atoms with Crippen LogP contribution in [0.25, 0.3) is 0 Å². The Morgan fingerprint density at radius 2 is 2.18 bits per heavy atom. The molecule has 2 heterocycles. The average molecular weight is 316 g/mol. The van der Waals surface area contributed by atoms with E-state index >= 15 is 0 Å². The highest BCUT2D eigenvalue weighted by atomic mass is 16.6. The van der Waals surface area contributed by atoms with Crippen LogP contribution in [-0.2, 0) is 9.53 Å². The van der Waals surface area contributed by atoms with Crippen LogP contribution in [-0.4, -0.2) is 63.3 Å². The molecule has 2 aliphatic heterocycles. The van der Waals surface area contributed by atoms with E-state index in [1.807, 2.05) is 6.20 Å². The molecule has 8 nitrogen and oxygen atoms in total. The van der Waals surface area contributed by atoms with Gasteiger partial charge < -0.3 is 30.6 Å². The van der Waals surface area contributed by atoms with Crippen LogP contribution < -0.4 is 5.43 Å². The third kappa shape index (κ3) is 5.21. The van der Waals surface area contributed by atoms with E-state index in [0.29, 0.717) is 0 Å². The van der Waals surface area contributed by atoms with Crippen LogP contribution in [0.5, 0.6) is 0 Å². The summed E-state index contributed by atoms with van der Waals surface area (Å²) in [6.07, 6.45) is 5.34. The van der Waals surface area contributed by atoms with Crippen molar-refractivity contribution in [2.45, 2.75) is 38.4 Å². The zero-order valence-electron chi connectivity index (χ0n) is 12.6. The smallest absolute Gasteiger partial charge is 0.377 e. The van der Waals surface area contributed by atoms with Gasteiger partial charge >= 0.3 is 5.97 Å². The van der Waals surface area contributed by atoms with Crippen molar-refractivity contribution >= 4 is 5.97 Å². The van der Waals surface area contributed by atoms with Crippen LogP contribution in [0.3, 0.4) is 0 Å². The second kappa shape index (κ2) is 9.29. The Balaban J connectivity index is 0.000000224. The number of nitrogens with zero attached hydrogens (tertiary/aromatic N) is 1. The predicted octanol–water partition coefficient (Wildman–Crippen LogP) is 0.103. The number of cyclic esters (lactones) is 1. The van der Waals surface area contributed by atoms with Gasteiger partial charge in [0.2, 0.25) is 5.76 Å². The molecule has 126 valence electrons. The van der Waals surface area contributed by atoms with Gasteiger partial charge in [0.05, 0.1) is 6.61 Å². The Labute approximate surface area is 129 Å². The molecule has 2 aliphatic rings. The lowest BCUT2D eigenvalue weighted by Crippen LogP contribution is -2.31. The summed E-state index contributed by atoms with van der Waals surface area (Å²) in [7, 11) is 0. The first-order valence-electron chi connectivity index (χ1n) is 7.29. The van der Waals surface area contributed by atoms with E-state index in [2.05, 4.69) is 28.2 Å². The van der Waals surface area contributed by atoms with Crippen molar-refractivity contribution in [2.75, 3.05) is 19.7 Å². The summed E-state index contributed by atoms with van der Waals surface area (Å²) in [5, 5.41) is 37.3. The van der Waals surface area contributed by atoms with E-state index in [1.165, 1.54) is 25.8 Å². The fraction of sp³-hybridized carbons (Fsp3) is 0.643. The molecule has 0 aromatic carbocycles. The van der Waals surface area contributed by atoms with Crippen molar-refractivity contribution < 1.29 is 30.0 Å². The molecule has 8 heteroatoms. The Kier molecular flexibility index (Phi) is 7.72. The van der Waals surface area contributed by atoms with Gasteiger partial charge in [-0.2, -0.15) is 0 Å². The molecule has 0 radical (unpaired) electrons. The summed E-state index contributed by atoms with van der Waals surface area (Å²) in [5.41, 5.74) is 3.17. The Bertz CT molecular complexity index is 416. The maximum atomic E-state index is 10.5. The number of hydrogen-bond donors (Lipinski definition) is 5. The second-order valence-electron chi connectivity index (χ2n) is 4.99. The van der Waals surface area contributed by atoms with Crippen molar-refractivity contribution in [1.82, 2.24) is 10.4 Å². The van der Waals surface area contributed by atoms with Crippen molar-refractivity contribution in [3.63, 3.8) is 0 Å². The molecule has 2 atom stereocenters. The van der Waals surface area contributed by atoms with E-state index in [1.54, 1.807) is 0 Å². The molecule has 0 amide bonds. The molecule has 2 rings (SSSR count). The molecule has 5 N–H and O–H groups in total. The number of carbonyl (C=O) groups excluding carboxylic acids is 1. The number of hydrogen-bond acceptors (Lipinski definition) is 8. The van der Waals surface area contributed by atoms with Crippen molar-refractivity contribution in [2.24, 2.45) is 0 Å². The summed E-state index contributed by atoms with van der Waals surface area (Å²) in [5.74, 6) is -2.78. The molecule has 0 bridgehead atoms. The third-order valence-corrected chi connectivity index (χ3v) is 3.21. The first kappa shape index (κ1) is 18.3. The van der Waals surface area contributed by atoms with E-state index in [4.69, 9.17) is 20.4 Å². The molecule has 0 saturated carbocycles. The van der Waals surface area contributed by atoms with Crippen molar-refractivity contribution in [1.29, 1.82) is 0 Å². The first-order valence-corrected chi connectivity index (χ1v) is 7.29. The molecule has 22 heavy (non-hydrogen) atoms. The van der Waals surface area contributed by atoms with E-state index in [0.717, 1.165) is 6.54 Å². The minimum absolute atomic E-state index is 0.671.